The minimum atomic E-state index is -3.22. The molecule has 10 heterocycles. The number of thiophene rings is 4. The number of benzene rings is 4. The van der Waals surface area contributed by atoms with Gasteiger partial charge >= 0.3 is 11.2 Å². The molecule has 4 aromatic carbocycles. The van der Waals surface area contributed by atoms with Gasteiger partial charge in [-0.2, -0.15) is 0 Å². The Morgan fingerprint density at radius 3 is 1.19 bits per heavy atom. The highest BCUT2D eigenvalue weighted by atomic mass is 36.0. The molecule has 38 heteroatoms. The van der Waals surface area contributed by atoms with Gasteiger partial charge in [-0.3, -0.25) is 14.4 Å². The van der Waals surface area contributed by atoms with Crippen molar-refractivity contribution in [3.8, 4) is 55.2 Å². The Kier molecular flexibility index (Phi) is 31.0. The average molecular weight is 1770 g/mol. The van der Waals surface area contributed by atoms with Crippen molar-refractivity contribution in [1.82, 2.24) is 20.6 Å². The summed E-state index contributed by atoms with van der Waals surface area (Å²) in [5.41, 5.74) is 12.7. The number of carboxylic acid groups (broad SMARTS) is 1. The van der Waals surface area contributed by atoms with Crippen LogP contribution in [0.1, 0.15) is 24.2 Å². The van der Waals surface area contributed by atoms with Crippen molar-refractivity contribution in [2.45, 2.75) is 0 Å². The normalized spacial score (nSPS) is 14.8. The van der Waals surface area contributed by atoms with Crippen LogP contribution >= 0.6 is 177 Å². The number of nitrogens with two attached hydrogens (primary N) is 1. The van der Waals surface area contributed by atoms with E-state index in [0.717, 1.165) is 109 Å². The van der Waals surface area contributed by atoms with Gasteiger partial charge in [-0.15, -0.1) is 45.3 Å². The van der Waals surface area contributed by atoms with E-state index in [9.17, 15) is 19.3 Å². The van der Waals surface area contributed by atoms with E-state index in [-0.39, 0.29) is 10.8 Å². The number of halogens is 11. The van der Waals surface area contributed by atoms with E-state index in [4.69, 9.17) is 144 Å². The molecule has 5 aliphatic rings. The second-order valence-corrected chi connectivity index (χ2v) is 37.0. The second kappa shape index (κ2) is 39.7. The van der Waals surface area contributed by atoms with E-state index in [1.165, 1.54) is 11.3 Å². The average Bonchev–Trinajstić information content (AvgIpc) is 1.62. The lowest BCUT2D eigenvalue weighted by atomic mass is 10.0. The summed E-state index contributed by atoms with van der Waals surface area (Å²) in [7, 11) is 0. The van der Waals surface area contributed by atoms with Crippen molar-refractivity contribution in [2.24, 2.45) is 10.7 Å². The predicted octanol–water partition coefficient (Wildman–Crippen LogP) is 21.4. The fourth-order valence-electron chi connectivity index (χ4n) is 11.6. The number of nitrogens with one attached hydrogen (secondary N) is 3. The number of H-pyrrole nitrogens is 1. The quantitative estimate of drug-likeness (QED) is 0.0504. The van der Waals surface area contributed by atoms with Crippen molar-refractivity contribution >= 4 is 238 Å². The second-order valence-electron chi connectivity index (χ2n) is 23.0. The maximum atomic E-state index is 12.8. The standard InChI is InChI=1S/C18H18Cl2N4O2S.C18H16Cl2N4OS.C18H14Cl2N4OS.C16H12Cl2N2O3S.Cl3OP/c1-22-15-14(12-3-2-11(19)10-13(12)20)16(17(25)23-5-4-21)27-18(15)24-6-8-26-9-7-24;2*1-21-15-14(12-3-2-11(19)10-13(12)20)16(17-22-4-5-23-17)26-18(15)24-6-8-25-9-7-24;1-19-13-12(10-3-2-9(17)8-11(10)18)14(16(21)22)24-15(13)20-4-6-23-7-5-20;1-5(2,3)4/h2-3,10H,4-9,21H2,(H,23,25);2-3,10H,4-9H2,(H,22,23);2-5,10H,6-9H2,(H,22,23);2-3,8H,4-7H2,(H,21,22);. The van der Waals surface area contributed by atoms with Gasteiger partial charge < -0.3 is 65.0 Å². The monoisotopic (exact) mass is 1770 g/mol. The summed E-state index contributed by atoms with van der Waals surface area (Å²) in [4.78, 5) is 62.6. The number of ether oxygens (including phenoxy) is 4. The first-order valence-electron chi connectivity index (χ1n) is 32.5. The number of imidazole rings is 1. The first-order chi connectivity index (χ1) is 52.0. The van der Waals surface area contributed by atoms with Gasteiger partial charge in [-0.25, -0.2) is 29.2 Å². The Morgan fingerprint density at radius 2 is 0.861 bits per heavy atom. The van der Waals surface area contributed by atoms with Crippen LogP contribution in [0.25, 0.3) is 74.6 Å². The molecule has 4 saturated heterocycles. The van der Waals surface area contributed by atoms with Gasteiger partial charge in [-0.1, -0.05) is 117 Å². The molecule has 6 N–H and O–H groups in total. The fraction of sp³-hybridized carbons (Fsp3) is 0.286. The van der Waals surface area contributed by atoms with Crippen LogP contribution in [0.4, 0.5) is 42.8 Å². The number of aliphatic imine (C=N–C) groups is 1. The molecule has 0 bridgehead atoms. The van der Waals surface area contributed by atoms with Crippen LogP contribution in [0.3, 0.4) is 0 Å². The van der Waals surface area contributed by atoms with Gasteiger partial charge in [0.2, 0.25) is 22.7 Å². The molecule has 1 amide bonds. The zero-order valence-corrected chi connectivity index (χ0v) is 68.8. The maximum absolute atomic E-state index is 12.8. The van der Waals surface area contributed by atoms with E-state index in [2.05, 4.69) is 93.4 Å². The van der Waals surface area contributed by atoms with Gasteiger partial charge in [0.05, 0.1) is 120 Å². The molecule has 0 saturated carbocycles. The molecule has 0 unspecified atom stereocenters. The van der Waals surface area contributed by atoms with Crippen LogP contribution in [-0.2, 0) is 23.5 Å². The highest BCUT2D eigenvalue weighted by Gasteiger charge is 2.34. The molecule has 14 rings (SSSR count). The van der Waals surface area contributed by atoms with Crippen molar-refractivity contribution in [3.05, 3.63) is 186 Å². The van der Waals surface area contributed by atoms with Gasteiger partial charge in [0, 0.05) is 147 Å². The molecule has 0 aliphatic carbocycles. The lowest BCUT2D eigenvalue weighted by Crippen LogP contribution is -2.35. The molecule has 5 aliphatic heterocycles. The number of carboxylic acids is 1. The molecule has 0 atom stereocenters. The Hall–Kier alpha value is -6.32. The Balaban J connectivity index is 0.000000150. The third kappa shape index (κ3) is 20.9. The van der Waals surface area contributed by atoms with Crippen LogP contribution in [0, 0.1) is 26.3 Å². The van der Waals surface area contributed by atoms with E-state index in [1.54, 1.807) is 95.7 Å². The van der Waals surface area contributed by atoms with Gasteiger partial charge in [0.1, 0.15) is 16.5 Å². The molecule has 108 heavy (non-hydrogen) atoms. The SMILES string of the molecule is O=P(Cl)(Cl)Cl.[C-]#[N+]c1c(N2CCOCC2)sc(-c2ncc[nH]2)c1-c1ccc(Cl)cc1Cl.[C-]#[N+]c1c(N2CCOCC2)sc(C(=O)NCCN)c1-c1ccc(Cl)cc1Cl.[C-]#[N+]c1c(N2CCOCC2)sc(C(=O)O)c1-c1ccc(Cl)cc1Cl.[C-]#[N+]c1c(N2CCOCC2)sc(C2=NCCN2)c1-c1ccc(Cl)cc1Cl. The number of carbonyl (C=O) groups is 2. The number of amides is 1. The van der Waals surface area contributed by atoms with Gasteiger partial charge in [-0.05, 0) is 105 Å². The van der Waals surface area contributed by atoms with Crippen LogP contribution in [0.15, 0.2) is 90.2 Å². The Morgan fingerprint density at radius 1 is 0.528 bits per heavy atom. The van der Waals surface area contributed by atoms with Crippen molar-refractivity contribution < 1.29 is 38.2 Å². The van der Waals surface area contributed by atoms with Crippen LogP contribution < -0.4 is 36.0 Å². The van der Waals surface area contributed by atoms with Crippen molar-refractivity contribution in [2.75, 3.05) is 151 Å². The van der Waals surface area contributed by atoms with Crippen LogP contribution in [0.5, 0.6) is 0 Å². The Labute approximate surface area is 692 Å². The van der Waals surface area contributed by atoms with E-state index in [0.29, 0.717) is 187 Å². The van der Waals surface area contributed by atoms with Gasteiger partial charge in [0.25, 0.3) is 5.91 Å². The molecular formula is C70H60Cl11N14O8PS4. The highest BCUT2D eigenvalue weighted by Crippen LogP contribution is 2.61. The first-order valence-corrected chi connectivity index (χ1v) is 43.2. The lowest BCUT2D eigenvalue weighted by molar-refractivity contribution is 0.0702. The molecular weight excluding hydrogens is 1710 g/mol. The number of hydrogen-bond donors (Lipinski definition) is 5. The summed E-state index contributed by atoms with van der Waals surface area (Å²) in [5.74, 6) is 0.210. The third-order valence-electron chi connectivity index (χ3n) is 16.3. The largest absolute Gasteiger partial charge is 0.477 e. The number of aromatic amines is 1. The number of aromatic carboxylic acids is 1. The fourth-order valence-corrected chi connectivity index (χ4v) is 18.5. The maximum Gasteiger partial charge on any atom is 0.345 e. The lowest BCUT2D eigenvalue weighted by Gasteiger charge is -2.28. The first kappa shape index (κ1) is 84.1. The van der Waals surface area contributed by atoms with Crippen molar-refractivity contribution in [1.29, 1.82) is 0 Å². The van der Waals surface area contributed by atoms with Gasteiger partial charge in [0.15, 0.2) is 0 Å². The molecule has 0 spiro atoms. The number of nitrogens with zero attached hydrogens (tertiary/aromatic N) is 10. The summed E-state index contributed by atoms with van der Waals surface area (Å²) >= 11 is 69.1. The number of morpholine rings is 4. The van der Waals surface area contributed by atoms with Crippen LogP contribution in [0.2, 0.25) is 40.2 Å². The minimum Gasteiger partial charge on any atom is -0.477 e. The molecule has 22 nitrogen and oxygen atoms in total. The number of amidine groups is 1. The molecule has 4 fully saturated rings. The zero-order chi connectivity index (χ0) is 77.3. The third-order valence-corrected chi connectivity index (χ3v) is 23.5. The number of aromatic nitrogens is 2. The summed E-state index contributed by atoms with van der Waals surface area (Å²) in [6.07, 6.45) is 3.47. The number of carbonyl (C=O) groups excluding carboxylic acids is 1. The van der Waals surface area contributed by atoms with E-state index >= 15 is 0 Å². The van der Waals surface area contributed by atoms with E-state index in [1.807, 2.05) is 17.0 Å². The molecule has 0 radical (unpaired) electrons. The van der Waals surface area contributed by atoms with E-state index < -0.39 is 11.2 Å². The summed E-state index contributed by atoms with van der Waals surface area (Å²) in [5, 5.41) is 19.6. The zero-order valence-electron chi connectivity index (χ0n) is 56.3. The highest BCUT2D eigenvalue weighted by molar-refractivity contribution is 8.24. The summed E-state index contributed by atoms with van der Waals surface area (Å²) < 4.78 is 31.2. The summed E-state index contributed by atoms with van der Waals surface area (Å²) in [6.45, 7) is 43.8. The van der Waals surface area contributed by atoms with Crippen molar-refractivity contribution in [3.63, 3.8) is 0 Å². The topological polar surface area (TPSA) is 230 Å². The number of rotatable bonds is 14. The minimum absolute atomic E-state index is 0.103. The van der Waals surface area contributed by atoms with Crippen LogP contribution in [-0.4, -0.2) is 164 Å². The smallest absolute Gasteiger partial charge is 0.345 e. The molecule has 9 aromatic rings. The number of anilines is 4. The predicted molar refractivity (Wildman–Crippen MR) is 447 cm³/mol. The summed E-state index contributed by atoms with van der Waals surface area (Å²) in [6, 6.07) is 20.6. The molecule has 564 valence electrons. The Bertz CT molecular complexity index is 5000. The molecule has 5 aromatic heterocycles. The number of hydrogen-bond acceptors (Lipinski definition) is 19.